The minimum Gasteiger partial charge on any atom is -0.508 e. The van der Waals surface area contributed by atoms with Gasteiger partial charge in [-0.2, -0.15) is 10.5 Å². The molecule has 2 rings (SSSR count). The largest absolute Gasteiger partial charge is 0.508 e. The predicted molar refractivity (Wildman–Crippen MR) is 70.8 cm³/mol. The van der Waals surface area contributed by atoms with Crippen LogP contribution in [-0.4, -0.2) is 5.11 Å². The molecular formula is C13H8N4OS. The van der Waals surface area contributed by atoms with E-state index in [1.165, 1.54) is 12.1 Å². The Morgan fingerprint density at radius 2 is 1.79 bits per heavy atom. The van der Waals surface area contributed by atoms with Crippen LogP contribution < -0.4 is 0 Å². The third kappa shape index (κ3) is 2.59. The van der Waals surface area contributed by atoms with Crippen LogP contribution in [0.2, 0.25) is 0 Å². The van der Waals surface area contributed by atoms with Crippen LogP contribution >= 0.6 is 11.3 Å². The second-order valence-electron chi connectivity index (χ2n) is 3.68. The lowest BCUT2D eigenvalue weighted by atomic mass is 10.2. The average molecular weight is 268 g/mol. The lowest BCUT2D eigenvalue weighted by Crippen LogP contribution is -1.76. The van der Waals surface area contributed by atoms with Crippen molar-refractivity contribution in [1.29, 1.82) is 10.5 Å². The van der Waals surface area contributed by atoms with Gasteiger partial charge in [0.25, 0.3) is 0 Å². The minimum atomic E-state index is 0.149. The van der Waals surface area contributed by atoms with Crippen molar-refractivity contribution in [3.63, 3.8) is 0 Å². The van der Waals surface area contributed by atoms with Crippen molar-refractivity contribution in [2.45, 2.75) is 6.92 Å². The van der Waals surface area contributed by atoms with E-state index in [1.807, 2.05) is 12.1 Å². The summed E-state index contributed by atoms with van der Waals surface area (Å²) in [7, 11) is 0. The van der Waals surface area contributed by atoms with Gasteiger partial charge >= 0.3 is 0 Å². The van der Waals surface area contributed by atoms with Crippen LogP contribution in [0.25, 0.3) is 0 Å². The van der Waals surface area contributed by atoms with E-state index < -0.39 is 0 Å². The van der Waals surface area contributed by atoms with E-state index in [0.717, 1.165) is 11.3 Å². The molecule has 0 amide bonds. The third-order valence-corrected chi connectivity index (χ3v) is 3.53. The molecule has 0 fully saturated rings. The highest BCUT2D eigenvalue weighted by molar-refractivity contribution is 7.16. The Morgan fingerprint density at radius 1 is 1.11 bits per heavy atom. The fourth-order valence-corrected chi connectivity index (χ4v) is 2.31. The van der Waals surface area contributed by atoms with Crippen molar-refractivity contribution in [1.82, 2.24) is 0 Å². The highest BCUT2D eigenvalue weighted by Crippen LogP contribution is 2.35. The maximum absolute atomic E-state index is 9.15. The molecule has 1 aromatic carbocycles. The zero-order valence-electron chi connectivity index (χ0n) is 9.95. The second-order valence-corrected chi connectivity index (χ2v) is 4.68. The van der Waals surface area contributed by atoms with Crippen LogP contribution in [0.15, 0.2) is 34.5 Å². The fraction of sp³-hybridized carbons (Fsp3) is 0.0769. The standard InChI is InChI=1S/C13H8N4OS/c1-8-11(6-14)13(19-12(8)7-15)17-16-9-2-4-10(18)5-3-9/h2-5,18H,1H3. The van der Waals surface area contributed by atoms with E-state index >= 15 is 0 Å². The number of azo groups is 1. The zero-order chi connectivity index (χ0) is 13.8. The molecule has 0 aliphatic carbocycles. The van der Waals surface area contributed by atoms with Crippen LogP contribution in [0.3, 0.4) is 0 Å². The Morgan fingerprint density at radius 3 is 2.37 bits per heavy atom. The first-order valence-electron chi connectivity index (χ1n) is 5.30. The van der Waals surface area contributed by atoms with Gasteiger partial charge < -0.3 is 5.11 Å². The van der Waals surface area contributed by atoms with Gasteiger partial charge in [-0.15, -0.1) is 21.6 Å². The van der Waals surface area contributed by atoms with Crippen LogP contribution in [0.1, 0.15) is 16.0 Å². The molecule has 0 bridgehead atoms. The topological polar surface area (TPSA) is 92.5 Å². The lowest BCUT2D eigenvalue weighted by molar-refractivity contribution is 0.475. The molecule has 0 atom stereocenters. The summed E-state index contributed by atoms with van der Waals surface area (Å²) >= 11 is 1.14. The first-order valence-corrected chi connectivity index (χ1v) is 6.11. The number of benzene rings is 1. The van der Waals surface area contributed by atoms with E-state index in [2.05, 4.69) is 10.2 Å². The summed E-state index contributed by atoms with van der Waals surface area (Å²) < 4.78 is 0. The zero-order valence-corrected chi connectivity index (χ0v) is 10.8. The summed E-state index contributed by atoms with van der Waals surface area (Å²) in [5.74, 6) is 0.149. The molecule has 0 aliphatic heterocycles. The molecule has 1 N–H and O–H groups in total. The van der Waals surface area contributed by atoms with Gasteiger partial charge in [-0.25, -0.2) is 0 Å². The number of hydrogen-bond acceptors (Lipinski definition) is 6. The Balaban J connectivity index is 2.37. The number of phenolic OH excluding ortho intramolecular Hbond substituents is 1. The van der Waals surface area contributed by atoms with Crippen LogP contribution in [0, 0.1) is 29.6 Å². The van der Waals surface area contributed by atoms with E-state index in [1.54, 1.807) is 19.1 Å². The monoisotopic (exact) mass is 268 g/mol. The molecule has 92 valence electrons. The quantitative estimate of drug-likeness (QED) is 0.836. The number of nitrogens with zero attached hydrogens (tertiary/aromatic N) is 4. The number of rotatable bonds is 2. The molecule has 0 saturated heterocycles. The van der Waals surface area contributed by atoms with Crippen molar-refractivity contribution in [3.05, 3.63) is 40.3 Å². The summed E-state index contributed by atoms with van der Waals surface area (Å²) in [6.45, 7) is 1.72. The highest BCUT2D eigenvalue weighted by Gasteiger charge is 2.14. The molecule has 0 spiro atoms. The van der Waals surface area contributed by atoms with Crippen molar-refractivity contribution in [3.8, 4) is 17.9 Å². The van der Waals surface area contributed by atoms with Gasteiger partial charge in [-0.3, -0.25) is 0 Å². The SMILES string of the molecule is Cc1c(C#N)sc(N=Nc2ccc(O)cc2)c1C#N. The molecule has 0 radical (unpaired) electrons. The van der Waals surface area contributed by atoms with Crippen LogP contribution in [0.5, 0.6) is 5.75 Å². The van der Waals surface area contributed by atoms with E-state index in [9.17, 15) is 0 Å². The fourth-order valence-electron chi connectivity index (χ4n) is 1.43. The summed E-state index contributed by atoms with van der Waals surface area (Å²) in [6.07, 6.45) is 0. The number of hydrogen-bond donors (Lipinski definition) is 1. The summed E-state index contributed by atoms with van der Waals surface area (Å²) in [4.78, 5) is 0.469. The van der Waals surface area contributed by atoms with E-state index in [-0.39, 0.29) is 5.75 Å². The van der Waals surface area contributed by atoms with Crippen molar-refractivity contribution >= 4 is 22.0 Å². The molecular weight excluding hydrogens is 260 g/mol. The van der Waals surface area contributed by atoms with Gasteiger partial charge in [0.15, 0.2) is 5.00 Å². The summed E-state index contributed by atoms with van der Waals surface area (Å²) in [5, 5.41) is 35.5. The van der Waals surface area contributed by atoms with Gasteiger partial charge in [0, 0.05) is 0 Å². The first-order chi connectivity index (χ1) is 9.15. The molecule has 0 saturated carbocycles. The molecule has 0 aliphatic rings. The molecule has 1 aromatic heterocycles. The number of thiophene rings is 1. The maximum atomic E-state index is 9.15. The Hall–Kier alpha value is -2.70. The van der Waals surface area contributed by atoms with E-state index in [4.69, 9.17) is 15.6 Å². The molecule has 2 aromatic rings. The number of aromatic hydroxyl groups is 1. The third-order valence-electron chi connectivity index (χ3n) is 2.45. The maximum Gasteiger partial charge on any atom is 0.158 e. The molecule has 0 unspecified atom stereocenters. The summed E-state index contributed by atoms with van der Waals surface area (Å²) in [6, 6.07) is 10.3. The normalized spacial score (nSPS) is 10.3. The minimum absolute atomic E-state index is 0.149. The van der Waals surface area contributed by atoms with Crippen LogP contribution in [0.4, 0.5) is 10.7 Å². The number of nitriles is 2. The Bertz CT molecular complexity index is 717. The molecule has 19 heavy (non-hydrogen) atoms. The van der Waals surface area contributed by atoms with Gasteiger partial charge in [0.2, 0.25) is 0 Å². The Kier molecular flexibility index (Phi) is 3.56. The van der Waals surface area contributed by atoms with Crippen molar-refractivity contribution < 1.29 is 5.11 Å². The number of phenols is 1. The van der Waals surface area contributed by atoms with Gasteiger partial charge in [0.05, 0.1) is 11.3 Å². The summed E-state index contributed by atoms with van der Waals surface area (Å²) in [5.41, 5.74) is 1.57. The second kappa shape index (κ2) is 5.30. The predicted octanol–water partition coefficient (Wildman–Crippen LogP) is 3.92. The first kappa shape index (κ1) is 12.7. The molecule has 6 heteroatoms. The smallest absolute Gasteiger partial charge is 0.158 e. The molecule has 1 heterocycles. The van der Waals surface area contributed by atoms with Crippen molar-refractivity contribution in [2.75, 3.05) is 0 Å². The average Bonchev–Trinajstić information content (AvgIpc) is 2.73. The van der Waals surface area contributed by atoms with E-state index in [0.29, 0.717) is 26.7 Å². The lowest BCUT2D eigenvalue weighted by Gasteiger charge is -1.92. The van der Waals surface area contributed by atoms with Crippen molar-refractivity contribution in [2.24, 2.45) is 10.2 Å². The van der Waals surface area contributed by atoms with Gasteiger partial charge in [0.1, 0.15) is 22.8 Å². The van der Waals surface area contributed by atoms with Gasteiger partial charge in [-0.05, 0) is 36.8 Å². The highest BCUT2D eigenvalue weighted by atomic mass is 32.1. The van der Waals surface area contributed by atoms with Gasteiger partial charge in [-0.1, -0.05) is 0 Å². The Labute approximate surface area is 113 Å². The molecule has 5 nitrogen and oxygen atoms in total. The van der Waals surface area contributed by atoms with Crippen LogP contribution in [-0.2, 0) is 0 Å².